The minimum absolute atomic E-state index is 0.0679. The summed E-state index contributed by atoms with van der Waals surface area (Å²) in [5, 5.41) is 2.84. The van der Waals surface area contributed by atoms with Crippen molar-refractivity contribution in [2.24, 2.45) is 5.73 Å². The van der Waals surface area contributed by atoms with E-state index in [-0.39, 0.29) is 5.91 Å². The predicted molar refractivity (Wildman–Crippen MR) is 77.0 cm³/mol. The number of carbonyl (C=O) groups is 1. The summed E-state index contributed by atoms with van der Waals surface area (Å²) in [6.07, 6.45) is 3.53. The van der Waals surface area contributed by atoms with Crippen molar-refractivity contribution in [1.29, 1.82) is 0 Å². The molecule has 0 aromatic carbocycles. The zero-order valence-corrected chi connectivity index (χ0v) is 12.1. The molecule has 1 heterocycles. The first-order valence-electron chi connectivity index (χ1n) is 5.40. The van der Waals surface area contributed by atoms with E-state index in [1.165, 1.54) is 4.88 Å². The molecule has 0 aliphatic carbocycles. The van der Waals surface area contributed by atoms with Crippen LogP contribution in [0.3, 0.4) is 0 Å². The SMILES string of the molecule is CSCCC(N)C(=O)NCCc1ccc(Cl)s1. The average molecular weight is 293 g/mol. The van der Waals surface area contributed by atoms with Crippen LogP contribution in [0.2, 0.25) is 4.34 Å². The zero-order chi connectivity index (χ0) is 12.7. The van der Waals surface area contributed by atoms with E-state index < -0.39 is 6.04 Å². The lowest BCUT2D eigenvalue weighted by molar-refractivity contribution is -0.122. The Morgan fingerprint density at radius 2 is 2.41 bits per heavy atom. The Kier molecular flexibility index (Phi) is 6.96. The van der Waals surface area contributed by atoms with Crippen LogP contribution >= 0.6 is 34.7 Å². The van der Waals surface area contributed by atoms with Gasteiger partial charge in [0, 0.05) is 11.4 Å². The third kappa shape index (κ3) is 5.77. The Bertz CT molecular complexity index is 357. The molecule has 0 saturated heterocycles. The first-order valence-corrected chi connectivity index (χ1v) is 7.98. The number of hydrogen-bond donors (Lipinski definition) is 2. The van der Waals surface area contributed by atoms with Crippen molar-refractivity contribution >= 4 is 40.6 Å². The number of thiophene rings is 1. The number of halogens is 1. The minimum atomic E-state index is -0.394. The lowest BCUT2D eigenvalue weighted by Crippen LogP contribution is -2.41. The summed E-state index contributed by atoms with van der Waals surface area (Å²) >= 11 is 9.06. The van der Waals surface area contributed by atoms with Crippen LogP contribution in [0.1, 0.15) is 11.3 Å². The normalized spacial score (nSPS) is 12.4. The predicted octanol–water partition coefficient (Wildman–Crippen LogP) is 2.14. The number of rotatable bonds is 7. The molecule has 96 valence electrons. The van der Waals surface area contributed by atoms with Crippen molar-refractivity contribution in [3.05, 3.63) is 21.3 Å². The van der Waals surface area contributed by atoms with Crippen LogP contribution in [0.25, 0.3) is 0 Å². The van der Waals surface area contributed by atoms with Gasteiger partial charge in [-0.05, 0) is 37.0 Å². The Balaban J connectivity index is 2.19. The molecule has 1 aromatic rings. The molecule has 1 aromatic heterocycles. The van der Waals surface area contributed by atoms with Crippen molar-refractivity contribution in [3.63, 3.8) is 0 Å². The molecule has 0 saturated carbocycles. The second-order valence-corrected chi connectivity index (χ2v) is 6.42. The molecule has 6 heteroatoms. The van der Waals surface area contributed by atoms with Crippen LogP contribution in [0, 0.1) is 0 Å². The Labute approximate surface area is 115 Å². The maximum absolute atomic E-state index is 11.6. The molecular formula is C11H17ClN2OS2. The van der Waals surface area contributed by atoms with Gasteiger partial charge in [0.15, 0.2) is 0 Å². The van der Waals surface area contributed by atoms with E-state index in [4.69, 9.17) is 17.3 Å². The van der Waals surface area contributed by atoms with Crippen LogP contribution in [0.15, 0.2) is 12.1 Å². The molecule has 17 heavy (non-hydrogen) atoms. The summed E-state index contributed by atoms with van der Waals surface area (Å²) in [5.41, 5.74) is 5.74. The van der Waals surface area contributed by atoms with E-state index in [1.54, 1.807) is 23.1 Å². The monoisotopic (exact) mass is 292 g/mol. The highest BCUT2D eigenvalue weighted by Gasteiger charge is 2.11. The van der Waals surface area contributed by atoms with Crippen LogP contribution in [0.5, 0.6) is 0 Å². The van der Waals surface area contributed by atoms with Gasteiger partial charge in [0.25, 0.3) is 0 Å². The Morgan fingerprint density at radius 3 is 3.00 bits per heavy atom. The molecule has 0 fully saturated rings. The highest BCUT2D eigenvalue weighted by Crippen LogP contribution is 2.21. The van der Waals surface area contributed by atoms with Crippen LogP contribution < -0.4 is 11.1 Å². The van der Waals surface area contributed by atoms with Crippen LogP contribution in [-0.4, -0.2) is 30.5 Å². The van der Waals surface area contributed by atoms with E-state index in [0.29, 0.717) is 6.54 Å². The number of nitrogens with two attached hydrogens (primary N) is 1. The zero-order valence-electron chi connectivity index (χ0n) is 9.74. The molecule has 0 aliphatic rings. The molecule has 1 rings (SSSR count). The summed E-state index contributed by atoms with van der Waals surface area (Å²) in [6.45, 7) is 0.614. The smallest absolute Gasteiger partial charge is 0.236 e. The highest BCUT2D eigenvalue weighted by atomic mass is 35.5. The van der Waals surface area contributed by atoms with Crippen molar-refractivity contribution in [2.45, 2.75) is 18.9 Å². The van der Waals surface area contributed by atoms with Crippen molar-refractivity contribution in [2.75, 3.05) is 18.6 Å². The maximum atomic E-state index is 11.6. The van der Waals surface area contributed by atoms with Gasteiger partial charge in [0.1, 0.15) is 0 Å². The van der Waals surface area contributed by atoms with Gasteiger partial charge in [-0.2, -0.15) is 11.8 Å². The van der Waals surface area contributed by atoms with E-state index in [9.17, 15) is 4.79 Å². The molecule has 0 spiro atoms. The van der Waals surface area contributed by atoms with E-state index in [2.05, 4.69) is 5.32 Å². The fourth-order valence-electron chi connectivity index (χ4n) is 1.30. The molecule has 1 amide bonds. The summed E-state index contributed by atoms with van der Waals surface area (Å²) in [6, 6.07) is 3.45. The molecule has 1 unspecified atom stereocenters. The van der Waals surface area contributed by atoms with Crippen molar-refractivity contribution in [1.82, 2.24) is 5.32 Å². The first kappa shape index (κ1) is 14.8. The quantitative estimate of drug-likeness (QED) is 0.809. The van der Waals surface area contributed by atoms with Gasteiger partial charge >= 0.3 is 0 Å². The maximum Gasteiger partial charge on any atom is 0.236 e. The molecule has 0 bridgehead atoms. The van der Waals surface area contributed by atoms with Gasteiger partial charge in [0.2, 0.25) is 5.91 Å². The van der Waals surface area contributed by atoms with Crippen LogP contribution in [-0.2, 0) is 11.2 Å². The third-order valence-corrected chi connectivity index (χ3v) is 4.20. The molecule has 1 atom stereocenters. The molecule has 0 aliphatic heterocycles. The van der Waals surface area contributed by atoms with Gasteiger partial charge in [-0.25, -0.2) is 0 Å². The second kappa shape index (κ2) is 7.97. The second-order valence-electron chi connectivity index (χ2n) is 3.63. The van der Waals surface area contributed by atoms with E-state index >= 15 is 0 Å². The highest BCUT2D eigenvalue weighted by molar-refractivity contribution is 7.98. The number of thioether (sulfide) groups is 1. The van der Waals surface area contributed by atoms with Gasteiger partial charge in [-0.15, -0.1) is 11.3 Å². The summed E-state index contributed by atoms with van der Waals surface area (Å²) in [5.74, 6) is 0.844. The number of nitrogens with one attached hydrogen (secondary N) is 1. The average Bonchev–Trinajstić information content (AvgIpc) is 2.71. The number of hydrogen-bond acceptors (Lipinski definition) is 4. The molecular weight excluding hydrogens is 276 g/mol. The number of carbonyl (C=O) groups excluding carboxylic acids is 1. The van der Waals surface area contributed by atoms with Crippen molar-refractivity contribution < 1.29 is 4.79 Å². The Morgan fingerprint density at radius 1 is 1.65 bits per heavy atom. The van der Waals surface area contributed by atoms with E-state index in [0.717, 1.165) is 22.9 Å². The largest absolute Gasteiger partial charge is 0.354 e. The lowest BCUT2D eigenvalue weighted by Gasteiger charge is -2.10. The molecule has 3 N–H and O–H groups in total. The van der Waals surface area contributed by atoms with E-state index in [1.807, 2.05) is 18.4 Å². The van der Waals surface area contributed by atoms with Gasteiger partial charge < -0.3 is 11.1 Å². The topological polar surface area (TPSA) is 55.1 Å². The summed E-state index contributed by atoms with van der Waals surface area (Å²) in [7, 11) is 0. The lowest BCUT2D eigenvalue weighted by atomic mass is 10.2. The summed E-state index contributed by atoms with van der Waals surface area (Å²) < 4.78 is 0.781. The van der Waals surface area contributed by atoms with Gasteiger partial charge in [-0.3, -0.25) is 4.79 Å². The molecule has 0 radical (unpaired) electrons. The standard InChI is InChI=1S/C11H17ClN2OS2/c1-16-7-5-9(13)11(15)14-6-4-8-2-3-10(12)17-8/h2-3,9H,4-7,13H2,1H3,(H,14,15). The van der Waals surface area contributed by atoms with Crippen molar-refractivity contribution in [3.8, 4) is 0 Å². The fraction of sp³-hybridized carbons (Fsp3) is 0.545. The van der Waals surface area contributed by atoms with Crippen LogP contribution in [0.4, 0.5) is 0 Å². The molecule has 3 nitrogen and oxygen atoms in total. The minimum Gasteiger partial charge on any atom is -0.354 e. The first-order chi connectivity index (χ1) is 8.13. The third-order valence-electron chi connectivity index (χ3n) is 2.27. The van der Waals surface area contributed by atoms with Gasteiger partial charge in [0.05, 0.1) is 10.4 Å². The Hall–Kier alpha value is -0.230. The number of amides is 1. The van der Waals surface area contributed by atoms with Gasteiger partial charge in [-0.1, -0.05) is 11.6 Å². The fourth-order valence-corrected chi connectivity index (χ4v) is 2.88. The summed E-state index contributed by atoms with van der Waals surface area (Å²) in [4.78, 5) is 12.8.